The number of rotatable bonds is 6. The van der Waals surface area contributed by atoms with Crippen LogP contribution < -0.4 is 24.3 Å². The third-order valence-electron chi connectivity index (χ3n) is 5.83. The Hall–Kier alpha value is -3.74. The first-order chi connectivity index (χ1) is 15.1. The monoisotopic (exact) mass is 420 g/mol. The van der Waals surface area contributed by atoms with Crippen molar-refractivity contribution in [3.05, 3.63) is 60.3 Å². The standard InChI is InChI=1S/C24H22N2O5.H2/c1-28-18-4-3-5-19(29-2)22(18)15-6-9-21(25-13-15)26-23(27)24(10-11-24)16-7-8-17-20(12-16)31-14-30-17;/h3-9,12-13H,10-11,14H2,1-2H3,(H,25,26,27);1H. The number of fused-ring (bicyclic) bond motifs is 1. The van der Waals surface area contributed by atoms with Crippen LogP contribution in [0.1, 0.15) is 19.8 Å². The molecule has 0 radical (unpaired) electrons. The molecule has 0 saturated heterocycles. The fourth-order valence-corrected chi connectivity index (χ4v) is 3.95. The van der Waals surface area contributed by atoms with Gasteiger partial charge in [-0.3, -0.25) is 4.79 Å². The van der Waals surface area contributed by atoms with E-state index in [0.717, 1.165) is 29.5 Å². The van der Waals surface area contributed by atoms with Gasteiger partial charge in [0.05, 0.1) is 25.2 Å². The van der Waals surface area contributed by atoms with E-state index in [1.54, 1.807) is 26.5 Å². The number of amides is 1. The number of pyridine rings is 1. The first-order valence-corrected chi connectivity index (χ1v) is 10.0. The van der Waals surface area contributed by atoms with Crippen LogP contribution in [0.3, 0.4) is 0 Å². The quantitative estimate of drug-likeness (QED) is 0.636. The third-order valence-corrected chi connectivity index (χ3v) is 5.83. The van der Waals surface area contributed by atoms with Crippen LogP contribution in [0.15, 0.2) is 54.7 Å². The second-order valence-corrected chi connectivity index (χ2v) is 7.57. The van der Waals surface area contributed by atoms with Gasteiger partial charge in [-0.2, -0.15) is 0 Å². The molecule has 1 saturated carbocycles. The maximum absolute atomic E-state index is 13.1. The highest BCUT2D eigenvalue weighted by Gasteiger charge is 2.51. The van der Waals surface area contributed by atoms with Crippen molar-refractivity contribution in [1.82, 2.24) is 4.98 Å². The molecule has 0 spiro atoms. The number of anilines is 1. The van der Waals surface area contributed by atoms with Gasteiger partial charge < -0.3 is 24.3 Å². The number of nitrogens with zero attached hydrogens (tertiary/aromatic N) is 1. The summed E-state index contributed by atoms with van der Waals surface area (Å²) in [5, 5.41) is 2.96. The van der Waals surface area contributed by atoms with Crippen LogP contribution in [0.4, 0.5) is 5.82 Å². The second kappa shape index (κ2) is 7.50. The van der Waals surface area contributed by atoms with Crippen LogP contribution in [-0.2, 0) is 10.2 Å². The van der Waals surface area contributed by atoms with E-state index >= 15 is 0 Å². The molecule has 1 aliphatic heterocycles. The number of ether oxygens (including phenoxy) is 4. The average Bonchev–Trinajstić information content (AvgIpc) is 3.50. The van der Waals surface area contributed by atoms with Gasteiger partial charge in [-0.05, 0) is 54.8 Å². The van der Waals surface area contributed by atoms with Gasteiger partial charge in [-0.1, -0.05) is 12.1 Å². The number of carbonyl (C=O) groups is 1. The highest BCUT2D eigenvalue weighted by atomic mass is 16.7. The fraction of sp³-hybridized carbons (Fsp3) is 0.250. The molecule has 1 amide bonds. The summed E-state index contributed by atoms with van der Waals surface area (Å²) >= 11 is 0. The lowest BCUT2D eigenvalue weighted by Gasteiger charge is -2.16. The van der Waals surface area contributed by atoms with E-state index in [1.807, 2.05) is 42.5 Å². The van der Waals surface area contributed by atoms with E-state index in [4.69, 9.17) is 18.9 Å². The summed E-state index contributed by atoms with van der Waals surface area (Å²) in [5.41, 5.74) is 2.04. The molecule has 5 rings (SSSR count). The molecule has 0 unspecified atom stereocenters. The van der Waals surface area contributed by atoms with Crippen molar-refractivity contribution in [3.63, 3.8) is 0 Å². The molecule has 0 atom stereocenters. The van der Waals surface area contributed by atoms with Crippen molar-refractivity contribution >= 4 is 11.7 Å². The molecule has 2 aromatic carbocycles. The molecule has 2 aliphatic rings. The highest BCUT2D eigenvalue weighted by Crippen LogP contribution is 2.51. The van der Waals surface area contributed by atoms with E-state index in [0.29, 0.717) is 28.8 Å². The molecule has 7 heteroatoms. The number of nitrogens with one attached hydrogen (secondary N) is 1. The fourth-order valence-electron chi connectivity index (χ4n) is 3.95. The van der Waals surface area contributed by atoms with Crippen molar-refractivity contribution in [2.45, 2.75) is 18.3 Å². The summed E-state index contributed by atoms with van der Waals surface area (Å²) < 4.78 is 21.8. The van der Waals surface area contributed by atoms with Crippen molar-refractivity contribution in [3.8, 4) is 34.1 Å². The Balaban J connectivity index is 0.00000245. The molecule has 1 aliphatic carbocycles. The Morgan fingerprint density at radius 3 is 2.42 bits per heavy atom. The van der Waals surface area contributed by atoms with Crippen molar-refractivity contribution in [2.24, 2.45) is 0 Å². The van der Waals surface area contributed by atoms with E-state index in [2.05, 4.69) is 10.3 Å². The van der Waals surface area contributed by atoms with Gasteiger partial charge in [-0.15, -0.1) is 0 Å². The Labute approximate surface area is 181 Å². The Morgan fingerprint density at radius 1 is 1.03 bits per heavy atom. The van der Waals surface area contributed by atoms with E-state index < -0.39 is 5.41 Å². The molecule has 0 bridgehead atoms. The Bertz CT molecular complexity index is 1120. The van der Waals surface area contributed by atoms with Gasteiger partial charge in [0.25, 0.3) is 0 Å². The van der Waals surface area contributed by atoms with Crippen molar-refractivity contribution in [1.29, 1.82) is 0 Å². The zero-order valence-corrected chi connectivity index (χ0v) is 17.3. The maximum Gasteiger partial charge on any atom is 0.236 e. The van der Waals surface area contributed by atoms with Crippen LogP contribution in [-0.4, -0.2) is 31.9 Å². The summed E-state index contributed by atoms with van der Waals surface area (Å²) in [5.74, 6) is 3.21. The Morgan fingerprint density at radius 2 is 1.77 bits per heavy atom. The number of carbonyl (C=O) groups excluding carboxylic acids is 1. The number of methoxy groups -OCH3 is 2. The largest absolute Gasteiger partial charge is 0.496 e. The third kappa shape index (κ3) is 3.32. The minimum absolute atomic E-state index is 0. The molecule has 1 N–H and O–H groups in total. The van der Waals surface area contributed by atoms with Crippen LogP contribution in [0.25, 0.3) is 11.1 Å². The van der Waals surface area contributed by atoms with Gasteiger partial charge >= 0.3 is 0 Å². The molecule has 2 heterocycles. The molecule has 31 heavy (non-hydrogen) atoms. The summed E-state index contributed by atoms with van der Waals surface area (Å²) in [4.78, 5) is 17.5. The molecule has 1 aromatic heterocycles. The predicted octanol–water partition coefficient (Wildman–Crippen LogP) is 4.41. The van der Waals surface area contributed by atoms with E-state index in [-0.39, 0.29) is 14.1 Å². The molecule has 1 fully saturated rings. The maximum atomic E-state index is 13.1. The van der Waals surface area contributed by atoms with Gasteiger partial charge in [0.15, 0.2) is 11.5 Å². The smallest absolute Gasteiger partial charge is 0.236 e. The van der Waals surface area contributed by atoms with Gasteiger partial charge in [0, 0.05) is 13.2 Å². The van der Waals surface area contributed by atoms with E-state index in [9.17, 15) is 4.79 Å². The molecule has 3 aromatic rings. The van der Waals surface area contributed by atoms with Gasteiger partial charge in [0.2, 0.25) is 12.7 Å². The van der Waals surface area contributed by atoms with Crippen LogP contribution in [0, 0.1) is 0 Å². The van der Waals surface area contributed by atoms with Crippen LogP contribution >= 0.6 is 0 Å². The van der Waals surface area contributed by atoms with E-state index in [1.165, 1.54) is 0 Å². The summed E-state index contributed by atoms with van der Waals surface area (Å²) in [6, 6.07) is 15.0. The normalized spacial score (nSPS) is 15.3. The van der Waals surface area contributed by atoms with Crippen molar-refractivity contribution < 1.29 is 25.2 Å². The highest BCUT2D eigenvalue weighted by molar-refractivity contribution is 6.01. The Kier molecular flexibility index (Phi) is 4.66. The molecular formula is C24H24N2O5. The minimum atomic E-state index is -0.548. The number of benzene rings is 2. The topological polar surface area (TPSA) is 78.9 Å². The lowest BCUT2D eigenvalue weighted by Crippen LogP contribution is -2.28. The predicted molar refractivity (Wildman–Crippen MR) is 117 cm³/mol. The second-order valence-electron chi connectivity index (χ2n) is 7.57. The molecule has 160 valence electrons. The summed E-state index contributed by atoms with van der Waals surface area (Å²) in [7, 11) is 3.23. The first kappa shape index (κ1) is 19.2. The van der Waals surface area contributed by atoms with Crippen LogP contribution in [0.5, 0.6) is 23.0 Å². The number of aromatic nitrogens is 1. The van der Waals surface area contributed by atoms with Gasteiger partial charge in [0.1, 0.15) is 17.3 Å². The summed E-state index contributed by atoms with van der Waals surface area (Å²) in [6.07, 6.45) is 3.28. The SMILES string of the molecule is COc1cccc(OC)c1-c1ccc(NC(=O)C2(c3ccc4c(c3)OCO4)CC2)nc1.[HH]. The number of hydrogen-bond donors (Lipinski definition) is 1. The lowest BCUT2D eigenvalue weighted by molar-refractivity contribution is -0.118. The molecule has 7 nitrogen and oxygen atoms in total. The minimum Gasteiger partial charge on any atom is -0.496 e. The zero-order valence-electron chi connectivity index (χ0n) is 17.3. The van der Waals surface area contributed by atoms with Crippen LogP contribution in [0.2, 0.25) is 0 Å². The average molecular weight is 420 g/mol. The lowest BCUT2D eigenvalue weighted by atomic mass is 9.94. The van der Waals surface area contributed by atoms with Crippen molar-refractivity contribution in [2.75, 3.05) is 26.3 Å². The first-order valence-electron chi connectivity index (χ1n) is 10.0. The zero-order chi connectivity index (χ0) is 21.4. The summed E-state index contributed by atoms with van der Waals surface area (Å²) in [6.45, 7) is 0.214. The number of hydrogen-bond acceptors (Lipinski definition) is 6. The van der Waals surface area contributed by atoms with Gasteiger partial charge in [-0.25, -0.2) is 4.98 Å². The molecular weight excluding hydrogens is 396 g/mol.